The smallest absolute Gasteiger partial charge is 0.104 e. The third-order valence-corrected chi connectivity index (χ3v) is 2.92. The van der Waals surface area contributed by atoms with Gasteiger partial charge >= 0.3 is 0 Å². The van der Waals surface area contributed by atoms with Gasteiger partial charge in [0.05, 0.1) is 0 Å². The molecule has 0 aromatic carbocycles. The second-order valence-corrected chi connectivity index (χ2v) is 4.60. The Morgan fingerprint density at radius 1 is 1.50 bits per heavy atom. The van der Waals surface area contributed by atoms with Crippen LogP contribution in [-0.4, -0.2) is 40.9 Å². The predicted octanol–water partition coefficient (Wildman–Crippen LogP) is -0.517. The van der Waals surface area contributed by atoms with E-state index in [1.807, 2.05) is 0 Å². The predicted molar refractivity (Wildman–Crippen MR) is 41.2 cm³/mol. The molecule has 5 heteroatoms. The van der Waals surface area contributed by atoms with Gasteiger partial charge in [0, 0.05) is 32.4 Å². The van der Waals surface area contributed by atoms with Gasteiger partial charge in [0.1, 0.15) is 9.92 Å². The monoisotopic (exact) mass is 163 g/mol. The number of nitrogens with zero attached hydrogens (tertiary/aromatic N) is 1. The molecule has 1 aliphatic heterocycles. The van der Waals surface area contributed by atoms with Crippen LogP contribution in [0.25, 0.3) is 0 Å². The summed E-state index contributed by atoms with van der Waals surface area (Å²) in [5, 5.41) is 3.14. The minimum atomic E-state index is -2.43. The van der Waals surface area contributed by atoms with Crippen LogP contribution >= 0.6 is 0 Å². The van der Waals surface area contributed by atoms with E-state index in [0.717, 1.165) is 26.2 Å². The topological polar surface area (TPSA) is 56.2 Å². The molecule has 1 saturated heterocycles. The van der Waals surface area contributed by atoms with Crippen molar-refractivity contribution in [2.75, 3.05) is 32.4 Å². The second-order valence-electron chi connectivity index (χ2n) is 2.48. The molecule has 60 valence electrons. The molecule has 1 fully saturated rings. The third-order valence-electron chi connectivity index (χ3n) is 1.57. The molecule has 0 amide bonds. The van der Waals surface area contributed by atoms with Crippen LogP contribution < -0.4 is 5.32 Å². The molecule has 1 atom stereocenters. The first kappa shape index (κ1) is 7.97. The number of rotatable bonds is 1. The van der Waals surface area contributed by atoms with Crippen molar-refractivity contribution < 1.29 is 4.21 Å². The average Bonchev–Trinajstić information content (AvgIpc) is 1.88. The summed E-state index contributed by atoms with van der Waals surface area (Å²) >= 11 is 0. The summed E-state index contributed by atoms with van der Waals surface area (Å²) in [7, 11) is -2.43. The van der Waals surface area contributed by atoms with Gasteiger partial charge in [-0.15, -0.1) is 0 Å². The SMILES string of the molecule is CS(=N)(=O)N1CCNCC1. The second kappa shape index (κ2) is 2.86. The van der Waals surface area contributed by atoms with Crippen molar-refractivity contribution in [3.8, 4) is 0 Å². The molecule has 1 aliphatic rings. The van der Waals surface area contributed by atoms with E-state index in [1.54, 1.807) is 4.31 Å². The molecule has 0 aromatic rings. The van der Waals surface area contributed by atoms with Crippen molar-refractivity contribution in [2.45, 2.75) is 0 Å². The van der Waals surface area contributed by atoms with E-state index >= 15 is 0 Å². The molecule has 1 rings (SSSR count). The van der Waals surface area contributed by atoms with Crippen molar-refractivity contribution in [1.29, 1.82) is 4.78 Å². The van der Waals surface area contributed by atoms with Gasteiger partial charge in [-0.3, -0.25) is 0 Å². The fourth-order valence-corrected chi connectivity index (χ4v) is 1.87. The Morgan fingerprint density at radius 3 is 2.30 bits per heavy atom. The Hall–Kier alpha value is -0.130. The molecule has 0 bridgehead atoms. The fraction of sp³-hybridized carbons (Fsp3) is 1.00. The van der Waals surface area contributed by atoms with Crippen LogP contribution in [0, 0.1) is 4.78 Å². The lowest BCUT2D eigenvalue weighted by Crippen LogP contribution is -2.45. The van der Waals surface area contributed by atoms with Crippen molar-refractivity contribution in [2.24, 2.45) is 0 Å². The van der Waals surface area contributed by atoms with E-state index in [9.17, 15) is 4.21 Å². The van der Waals surface area contributed by atoms with E-state index in [4.69, 9.17) is 4.78 Å². The number of piperazine rings is 1. The largest absolute Gasteiger partial charge is 0.314 e. The molecule has 1 unspecified atom stereocenters. The minimum Gasteiger partial charge on any atom is -0.314 e. The maximum atomic E-state index is 11.1. The summed E-state index contributed by atoms with van der Waals surface area (Å²) in [5.41, 5.74) is 0. The first-order valence-corrected chi connectivity index (χ1v) is 5.22. The Balaban J connectivity index is 2.56. The number of hydrogen-bond donors (Lipinski definition) is 2. The summed E-state index contributed by atoms with van der Waals surface area (Å²) in [4.78, 5) is 0. The normalized spacial score (nSPS) is 27.7. The Labute approximate surface area is 61.7 Å². The molecule has 4 nitrogen and oxygen atoms in total. The van der Waals surface area contributed by atoms with Crippen molar-refractivity contribution >= 4 is 9.92 Å². The molecule has 0 aromatic heterocycles. The summed E-state index contributed by atoms with van der Waals surface area (Å²) in [6.45, 7) is 3.17. The Kier molecular flexibility index (Phi) is 2.28. The highest BCUT2D eigenvalue weighted by atomic mass is 32.2. The number of hydrogen-bond acceptors (Lipinski definition) is 3. The van der Waals surface area contributed by atoms with E-state index in [1.165, 1.54) is 6.26 Å². The van der Waals surface area contributed by atoms with Gasteiger partial charge in [0.15, 0.2) is 0 Å². The highest BCUT2D eigenvalue weighted by molar-refractivity contribution is 7.89. The van der Waals surface area contributed by atoms with Crippen LogP contribution in [0.3, 0.4) is 0 Å². The molecule has 0 radical (unpaired) electrons. The maximum absolute atomic E-state index is 11.1. The number of nitrogens with one attached hydrogen (secondary N) is 2. The highest BCUT2D eigenvalue weighted by Gasteiger charge is 2.14. The molecule has 1 heterocycles. The first-order chi connectivity index (χ1) is 4.61. The van der Waals surface area contributed by atoms with Gasteiger partial charge in [-0.2, -0.15) is 0 Å². The van der Waals surface area contributed by atoms with E-state index in [2.05, 4.69) is 5.32 Å². The van der Waals surface area contributed by atoms with Crippen LogP contribution in [-0.2, 0) is 9.92 Å². The maximum Gasteiger partial charge on any atom is 0.104 e. The minimum absolute atomic E-state index is 0.735. The van der Waals surface area contributed by atoms with Crippen LogP contribution in [0.5, 0.6) is 0 Å². The van der Waals surface area contributed by atoms with Gasteiger partial charge in [-0.1, -0.05) is 0 Å². The lowest BCUT2D eigenvalue weighted by atomic mass is 10.4. The summed E-state index contributed by atoms with van der Waals surface area (Å²) in [6, 6.07) is 0. The summed E-state index contributed by atoms with van der Waals surface area (Å²) in [6.07, 6.45) is 1.47. The molecule has 0 aliphatic carbocycles. The van der Waals surface area contributed by atoms with E-state index < -0.39 is 9.92 Å². The highest BCUT2D eigenvalue weighted by Crippen LogP contribution is 1.99. The van der Waals surface area contributed by atoms with Gasteiger partial charge in [0.25, 0.3) is 0 Å². The molecule has 10 heavy (non-hydrogen) atoms. The van der Waals surface area contributed by atoms with Crippen molar-refractivity contribution in [3.63, 3.8) is 0 Å². The lowest BCUT2D eigenvalue weighted by molar-refractivity contribution is 0.377. The van der Waals surface area contributed by atoms with Gasteiger partial charge in [0.2, 0.25) is 0 Å². The van der Waals surface area contributed by atoms with Crippen LogP contribution in [0.2, 0.25) is 0 Å². The zero-order valence-corrected chi connectivity index (χ0v) is 6.91. The summed E-state index contributed by atoms with van der Waals surface area (Å²) in [5.74, 6) is 0. The molecule has 2 N–H and O–H groups in total. The first-order valence-electron chi connectivity index (χ1n) is 3.30. The fourth-order valence-electron chi connectivity index (χ4n) is 0.993. The standard InChI is InChI=1S/C5H13N3OS/c1-10(6,9)8-4-2-7-3-5-8/h6-7H,2-5H2,1H3. The van der Waals surface area contributed by atoms with E-state index in [0.29, 0.717) is 0 Å². The average molecular weight is 163 g/mol. The zero-order valence-electron chi connectivity index (χ0n) is 6.09. The molecular formula is C5H13N3OS. The van der Waals surface area contributed by atoms with Gasteiger partial charge < -0.3 is 5.32 Å². The zero-order chi connectivity index (χ0) is 7.61. The Morgan fingerprint density at radius 2 is 2.00 bits per heavy atom. The lowest BCUT2D eigenvalue weighted by Gasteiger charge is -2.26. The molecular weight excluding hydrogens is 150 g/mol. The van der Waals surface area contributed by atoms with Crippen LogP contribution in [0.1, 0.15) is 0 Å². The van der Waals surface area contributed by atoms with Crippen LogP contribution in [0.4, 0.5) is 0 Å². The summed E-state index contributed by atoms with van der Waals surface area (Å²) < 4.78 is 20.1. The van der Waals surface area contributed by atoms with Crippen LogP contribution in [0.15, 0.2) is 0 Å². The quantitative estimate of drug-likeness (QED) is 0.546. The van der Waals surface area contributed by atoms with Gasteiger partial charge in [-0.05, 0) is 0 Å². The van der Waals surface area contributed by atoms with Gasteiger partial charge in [-0.25, -0.2) is 13.3 Å². The van der Waals surface area contributed by atoms with Crippen molar-refractivity contribution in [3.05, 3.63) is 0 Å². The van der Waals surface area contributed by atoms with Crippen molar-refractivity contribution in [1.82, 2.24) is 9.62 Å². The molecule has 0 saturated carbocycles. The molecule has 0 spiro atoms. The third kappa shape index (κ3) is 1.93. The Bertz CT molecular complexity index is 193. The van der Waals surface area contributed by atoms with E-state index in [-0.39, 0.29) is 0 Å².